The third-order valence-electron chi connectivity index (χ3n) is 9.44. The van der Waals surface area contributed by atoms with Crippen LogP contribution >= 0.6 is 23.2 Å². The number of hydrogen-bond donors (Lipinski definition) is 2. The Bertz CT molecular complexity index is 2330. The second kappa shape index (κ2) is 23.8. The van der Waals surface area contributed by atoms with Gasteiger partial charge >= 0.3 is 12.2 Å². The number of rotatable bonds is 10. The molecule has 4 aromatic carbocycles. The molecule has 66 heavy (non-hydrogen) atoms. The number of halogens is 2. The lowest BCUT2D eigenvalue weighted by Gasteiger charge is -2.37. The van der Waals surface area contributed by atoms with E-state index in [-0.39, 0.29) is 36.8 Å². The highest BCUT2D eigenvalue weighted by atomic mass is 35.5. The standard InChI is InChI=1S/2C22H27ClN4O4S.2CH4/c2*1-22(2,3)31-21(28)27-14-12-26(13-15-27)20-11-7-10-19(23)18(20)16-24-25-32(29,30)17-8-5-4-6-9-17;;/h2*4-11,16,25H,12-15H2,1-3H3;2*1H4/b24-16+;24-16-;;. The van der Waals surface area contributed by atoms with Crippen LogP contribution in [-0.2, 0) is 29.5 Å². The van der Waals surface area contributed by atoms with Gasteiger partial charge < -0.3 is 29.1 Å². The van der Waals surface area contributed by atoms with Crippen molar-refractivity contribution in [2.75, 3.05) is 62.2 Å². The molecule has 0 atom stereocenters. The van der Waals surface area contributed by atoms with Crippen molar-refractivity contribution in [1.29, 1.82) is 0 Å². The van der Waals surface area contributed by atoms with Crippen LogP contribution in [0.15, 0.2) is 117 Å². The third kappa shape index (κ3) is 15.8. The average molecular weight is 990 g/mol. The van der Waals surface area contributed by atoms with E-state index < -0.39 is 31.2 Å². The van der Waals surface area contributed by atoms with Crippen LogP contribution in [0.2, 0.25) is 10.0 Å². The molecule has 0 bridgehead atoms. The van der Waals surface area contributed by atoms with Crippen LogP contribution in [0.4, 0.5) is 21.0 Å². The Morgan fingerprint density at radius 2 is 0.848 bits per heavy atom. The predicted octanol–water partition coefficient (Wildman–Crippen LogP) is 8.69. The lowest BCUT2D eigenvalue weighted by molar-refractivity contribution is 0.0230. The van der Waals surface area contributed by atoms with E-state index >= 15 is 0 Å². The molecular formula is C46H62Cl2N8O8S2. The fraction of sp³-hybridized carbons (Fsp3) is 0.391. The number of nitrogens with zero attached hydrogens (tertiary/aromatic N) is 6. The first-order valence-corrected chi connectivity index (χ1v) is 24.1. The minimum Gasteiger partial charge on any atom is -0.444 e. The van der Waals surface area contributed by atoms with Gasteiger partial charge in [0.1, 0.15) is 11.2 Å². The summed E-state index contributed by atoms with van der Waals surface area (Å²) >= 11 is 12.8. The summed E-state index contributed by atoms with van der Waals surface area (Å²) in [5, 5.41) is 8.75. The number of hydrogen-bond acceptors (Lipinski definition) is 12. The summed E-state index contributed by atoms with van der Waals surface area (Å²) in [5.41, 5.74) is 1.72. The zero-order valence-corrected chi connectivity index (χ0v) is 39.7. The van der Waals surface area contributed by atoms with E-state index in [2.05, 4.69) is 29.7 Å². The zero-order valence-electron chi connectivity index (χ0n) is 36.6. The van der Waals surface area contributed by atoms with Crippen LogP contribution in [0.1, 0.15) is 67.5 Å². The quantitative estimate of drug-likeness (QED) is 0.115. The second-order valence-electron chi connectivity index (χ2n) is 16.6. The number of nitrogens with one attached hydrogen (secondary N) is 2. The molecule has 2 heterocycles. The lowest BCUT2D eigenvalue weighted by atomic mass is 10.1. The largest absolute Gasteiger partial charge is 0.444 e. The molecule has 2 saturated heterocycles. The van der Waals surface area contributed by atoms with Crippen LogP contribution in [0.3, 0.4) is 0 Å². The van der Waals surface area contributed by atoms with E-state index in [1.54, 1.807) is 58.3 Å². The molecule has 2 fully saturated rings. The molecule has 2 N–H and O–H groups in total. The highest BCUT2D eigenvalue weighted by molar-refractivity contribution is 7.89. The third-order valence-corrected chi connectivity index (χ3v) is 12.6. The SMILES string of the molecule is C.C.CC(C)(C)OC(=O)N1CCN(c2cccc(Cl)c2/C=N/NS(=O)(=O)c2ccccc2)CC1.CC(C)(C)OC(=O)N1CCN(c2cccc(Cl)c2/C=N\NS(=O)(=O)c2ccccc2)CC1. The highest BCUT2D eigenvalue weighted by Crippen LogP contribution is 2.29. The first-order valence-electron chi connectivity index (χ1n) is 20.4. The average Bonchev–Trinajstić information content (AvgIpc) is 3.24. The van der Waals surface area contributed by atoms with Gasteiger partial charge in [0.05, 0.1) is 32.3 Å². The van der Waals surface area contributed by atoms with Crippen LogP contribution in [0.25, 0.3) is 0 Å². The van der Waals surface area contributed by atoms with Crippen LogP contribution in [-0.4, -0.2) is 115 Å². The van der Waals surface area contributed by atoms with Gasteiger partial charge in [-0.3, -0.25) is 0 Å². The molecule has 0 unspecified atom stereocenters. The van der Waals surface area contributed by atoms with Crippen LogP contribution in [0.5, 0.6) is 0 Å². The Kier molecular flexibility index (Phi) is 19.7. The summed E-state index contributed by atoms with van der Waals surface area (Å²) < 4.78 is 60.4. The molecule has 0 radical (unpaired) electrons. The normalized spacial score (nSPS) is 14.7. The molecule has 2 amide bonds. The van der Waals surface area contributed by atoms with E-state index in [9.17, 15) is 26.4 Å². The van der Waals surface area contributed by atoms with Crippen molar-refractivity contribution in [3.05, 3.63) is 118 Å². The number of amides is 2. The van der Waals surface area contributed by atoms with Crippen molar-refractivity contribution < 1.29 is 35.9 Å². The molecule has 0 saturated carbocycles. The molecule has 360 valence electrons. The topological polar surface area (TPSA) is 183 Å². The molecule has 16 nitrogen and oxygen atoms in total. The lowest BCUT2D eigenvalue weighted by Crippen LogP contribution is -2.50. The van der Waals surface area contributed by atoms with Crippen LogP contribution in [0, 0.1) is 0 Å². The zero-order chi connectivity index (χ0) is 46.7. The van der Waals surface area contributed by atoms with Gasteiger partial charge in [-0.2, -0.15) is 27.0 Å². The van der Waals surface area contributed by atoms with Gasteiger partial charge in [0, 0.05) is 74.9 Å². The summed E-state index contributed by atoms with van der Waals surface area (Å²) in [6, 6.07) is 26.9. The maximum absolute atomic E-state index is 12.4. The van der Waals surface area contributed by atoms with Crippen molar-refractivity contribution >= 4 is 79.2 Å². The molecule has 2 aliphatic heterocycles. The van der Waals surface area contributed by atoms with Gasteiger partial charge in [-0.1, -0.05) is 86.6 Å². The fourth-order valence-corrected chi connectivity index (χ4v) is 8.46. The molecule has 20 heteroatoms. The van der Waals surface area contributed by atoms with E-state index in [0.29, 0.717) is 73.5 Å². The Hall–Kier alpha value is -5.56. The fourth-order valence-electron chi connectivity index (χ4n) is 6.40. The van der Waals surface area contributed by atoms with Crippen molar-refractivity contribution in [3.8, 4) is 0 Å². The van der Waals surface area contributed by atoms with Gasteiger partial charge in [-0.15, -0.1) is 0 Å². The van der Waals surface area contributed by atoms with Crippen molar-refractivity contribution in [3.63, 3.8) is 0 Å². The Morgan fingerprint density at radius 1 is 0.530 bits per heavy atom. The molecular weight excluding hydrogens is 928 g/mol. The van der Waals surface area contributed by atoms with Gasteiger partial charge in [0.2, 0.25) is 0 Å². The predicted molar refractivity (Wildman–Crippen MR) is 265 cm³/mol. The van der Waals surface area contributed by atoms with Gasteiger partial charge in [0.15, 0.2) is 0 Å². The number of sulfonamides is 2. The number of anilines is 2. The van der Waals surface area contributed by atoms with Crippen molar-refractivity contribution in [2.24, 2.45) is 10.2 Å². The number of hydrazone groups is 2. The van der Waals surface area contributed by atoms with Crippen molar-refractivity contribution in [2.45, 2.75) is 77.4 Å². The summed E-state index contributed by atoms with van der Waals surface area (Å²) in [6.07, 6.45) is 2.14. The minimum atomic E-state index is -3.78. The van der Waals surface area contributed by atoms with Crippen molar-refractivity contribution in [1.82, 2.24) is 19.5 Å². The number of carbonyl (C=O) groups excluding carboxylic acids is 2. The minimum absolute atomic E-state index is 0. The maximum atomic E-state index is 12.4. The highest BCUT2D eigenvalue weighted by Gasteiger charge is 2.29. The summed E-state index contributed by atoms with van der Waals surface area (Å²) in [7, 11) is -7.55. The van der Waals surface area contributed by atoms with Gasteiger partial charge in [0.25, 0.3) is 20.0 Å². The number of carbonyl (C=O) groups is 2. The summed E-state index contributed by atoms with van der Waals surface area (Å²) in [5.74, 6) is 0. The molecule has 0 aromatic heterocycles. The molecule has 2 aliphatic rings. The second-order valence-corrected chi connectivity index (χ2v) is 20.7. The summed E-state index contributed by atoms with van der Waals surface area (Å²) in [4.78, 5) is 36.8. The maximum Gasteiger partial charge on any atom is 0.410 e. The first kappa shape index (κ1) is 54.8. The molecule has 0 spiro atoms. The Morgan fingerprint density at radius 3 is 1.15 bits per heavy atom. The monoisotopic (exact) mass is 988 g/mol. The smallest absolute Gasteiger partial charge is 0.410 e. The van der Waals surface area contributed by atoms with Gasteiger partial charge in [-0.25, -0.2) is 19.3 Å². The Balaban J connectivity index is 0.000000340. The first-order chi connectivity index (χ1) is 30.1. The molecule has 6 rings (SSSR count). The van der Waals surface area contributed by atoms with E-state index in [0.717, 1.165) is 11.4 Å². The Labute approximate surface area is 400 Å². The van der Waals surface area contributed by atoms with E-state index in [1.807, 2.05) is 65.8 Å². The number of piperazine rings is 2. The number of benzene rings is 4. The van der Waals surface area contributed by atoms with Crippen LogP contribution < -0.4 is 19.5 Å². The molecule has 4 aromatic rings. The molecule has 0 aliphatic carbocycles. The summed E-state index contributed by atoms with van der Waals surface area (Å²) in [6.45, 7) is 15.3. The van der Waals surface area contributed by atoms with Gasteiger partial charge in [-0.05, 0) is 90.1 Å². The van der Waals surface area contributed by atoms with E-state index in [1.165, 1.54) is 36.7 Å². The van der Waals surface area contributed by atoms with E-state index in [4.69, 9.17) is 32.7 Å². The number of ether oxygens (including phenoxy) is 2.